The van der Waals surface area contributed by atoms with Crippen molar-refractivity contribution in [2.75, 3.05) is 13.7 Å². The third-order valence-electron chi connectivity index (χ3n) is 3.91. The van der Waals surface area contributed by atoms with Crippen molar-refractivity contribution in [3.05, 3.63) is 28.8 Å². The number of piperidine rings is 1. The Balaban J connectivity index is 2.20. The van der Waals surface area contributed by atoms with E-state index in [0.29, 0.717) is 6.04 Å². The van der Waals surface area contributed by atoms with Crippen molar-refractivity contribution < 1.29 is 4.74 Å². The van der Waals surface area contributed by atoms with Gasteiger partial charge in [-0.05, 0) is 62.4 Å². The van der Waals surface area contributed by atoms with Crippen molar-refractivity contribution in [3.63, 3.8) is 0 Å². The van der Waals surface area contributed by atoms with Crippen molar-refractivity contribution in [2.24, 2.45) is 0 Å². The molecule has 17 heavy (non-hydrogen) atoms. The summed E-state index contributed by atoms with van der Waals surface area (Å²) in [6.45, 7) is 5.54. The molecule has 0 bridgehead atoms. The van der Waals surface area contributed by atoms with Crippen LogP contribution in [0.2, 0.25) is 0 Å². The zero-order valence-corrected chi connectivity index (χ0v) is 11.2. The van der Waals surface area contributed by atoms with Crippen molar-refractivity contribution in [1.29, 1.82) is 0 Å². The van der Waals surface area contributed by atoms with Crippen molar-refractivity contribution in [2.45, 2.75) is 45.6 Å². The SMILES string of the molecule is COc1ccc(C)c(C)c1CC1CCCCN1. The van der Waals surface area contributed by atoms with E-state index in [1.807, 2.05) is 0 Å². The first-order valence-electron chi connectivity index (χ1n) is 6.59. The Morgan fingerprint density at radius 2 is 2.12 bits per heavy atom. The number of hydrogen-bond acceptors (Lipinski definition) is 2. The number of hydrogen-bond donors (Lipinski definition) is 1. The van der Waals surface area contributed by atoms with E-state index in [1.165, 1.54) is 36.0 Å². The summed E-state index contributed by atoms with van der Waals surface area (Å²) >= 11 is 0. The third kappa shape index (κ3) is 2.81. The average Bonchev–Trinajstić information content (AvgIpc) is 2.37. The van der Waals surface area contributed by atoms with E-state index in [0.717, 1.165) is 18.7 Å². The van der Waals surface area contributed by atoms with Gasteiger partial charge < -0.3 is 10.1 Å². The summed E-state index contributed by atoms with van der Waals surface area (Å²) in [6.07, 6.45) is 5.05. The molecule has 94 valence electrons. The smallest absolute Gasteiger partial charge is 0.122 e. The van der Waals surface area contributed by atoms with Gasteiger partial charge in [0.25, 0.3) is 0 Å². The van der Waals surface area contributed by atoms with Gasteiger partial charge in [0.2, 0.25) is 0 Å². The lowest BCUT2D eigenvalue weighted by molar-refractivity contribution is 0.381. The van der Waals surface area contributed by atoms with Crippen LogP contribution in [0, 0.1) is 13.8 Å². The zero-order chi connectivity index (χ0) is 12.3. The third-order valence-corrected chi connectivity index (χ3v) is 3.91. The van der Waals surface area contributed by atoms with E-state index in [-0.39, 0.29) is 0 Å². The quantitative estimate of drug-likeness (QED) is 0.866. The summed E-state index contributed by atoms with van der Waals surface area (Å²) in [5.41, 5.74) is 4.13. The number of ether oxygens (including phenoxy) is 1. The van der Waals surface area contributed by atoms with Gasteiger partial charge in [0, 0.05) is 6.04 Å². The lowest BCUT2D eigenvalue weighted by Gasteiger charge is -2.25. The predicted molar refractivity (Wildman–Crippen MR) is 71.8 cm³/mol. The van der Waals surface area contributed by atoms with Gasteiger partial charge in [0.15, 0.2) is 0 Å². The van der Waals surface area contributed by atoms with Crippen molar-refractivity contribution >= 4 is 0 Å². The molecule has 2 heteroatoms. The van der Waals surface area contributed by atoms with E-state index in [9.17, 15) is 0 Å². The van der Waals surface area contributed by atoms with Crippen LogP contribution in [0.15, 0.2) is 12.1 Å². The Morgan fingerprint density at radius 1 is 1.29 bits per heavy atom. The van der Waals surface area contributed by atoms with Crippen LogP contribution < -0.4 is 10.1 Å². The van der Waals surface area contributed by atoms with Gasteiger partial charge in [0.05, 0.1) is 7.11 Å². The molecule has 1 aliphatic heterocycles. The minimum Gasteiger partial charge on any atom is -0.496 e. The molecule has 1 aromatic rings. The van der Waals surface area contributed by atoms with E-state index < -0.39 is 0 Å². The molecule has 1 saturated heterocycles. The largest absolute Gasteiger partial charge is 0.496 e. The van der Waals surface area contributed by atoms with E-state index in [2.05, 4.69) is 31.3 Å². The second kappa shape index (κ2) is 5.54. The Kier molecular flexibility index (Phi) is 4.06. The van der Waals surface area contributed by atoms with Gasteiger partial charge in [-0.3, -0.25) is 0 Å². The maximum absolute atomic E-state index is 5.49. The minimum atomic E-state index is 0.623. The van der Waals surface area contributed by atoms with Crippen LogP contribution in [0.1, 0.15) is 36.0 Å². The molecule has 0 aromatic heterocycles. The fourth-order valence-corrected chi connectivity index (χ4v) is 2.64. The highest BCUT2D eigenvalue weighted by Gasteiger charge is 2.17. The fourth-order valence-electron chi connectivity index (χ4n) is 2.64. The molecular formula is C15H23NO. The Bertz CT molecular complexity index is 381. The highest BCUT2D eigenvalue weighted by molar-refractivity contribution is 5.44. The molecule has 1 fully saturated rings. The molecular weight excluding hydrogens is 210 g/mol. The van der Waals surface area contributed by atoms with Gasteiger partial charge in [-0.15, -0.1) is 0 Å². The van der Waals surface area contributed by atoms with Crippen LogP contribution in [0.4, 0.5) is 0 Å². The summed E-state index contributed by atoms with van der Waals surface area (Å²) in [6, 6.07) is 4.87. The summed E-state index contributed by atoms with van der Waals surface area (Å²) < 4.78 is 5.49. The van der Waals surface area contributed by atoms with Crippen LogP contribution in [0.25, 0.3) is 0 Å². The first-order valence-corrected chi connectivity index (χ1v) is 6.59. The second-order valence-electron chi connectivity index (χ2n) is 5.04. The van der Waals surface area contributed by atoms with Gasteiger partial charge in [0.1, 0.15) is 5.75 Å². The molecule has 1 atom stereocenters. The summed E-state index contributed by atoms with van der Waals surface area (Å²) in [5.74, 6) is 1.04. The molecule has 0 radical (unpaired) electrons. The molecule has 0 aliphatic carbocycles. The summed E-state index contributed by atoms with van der Waals surface area (Å²) in [7, 11) is 1.77. The Morgan fingerprint density at radius 3 is 2.76 bits per heavy atom. The number of benzene rings is 1. The number of methoxy groups -OCH3 is 1. The lowest BCUT2D eigenvalue weighted by atomic mass is 9.93. The molecule has 1 unspecified atom stereocenters. The van der Waals surface area contributed by atoms with Crippen molar-refractivity contribution in [3.8, 4) is 5.75 Å². The molecule has 1 aromatic carbocycles. The molecule has 0 spiro atoms. The monoisotopic (exact) mass is 233 g/mol. The van der Waals surface area contributed by atoms with Crippen LogP contribution >= 0.6 is 0 Å². The first-order chi connectivity index (χ1) is 8.22. The first kappa shape index (κ1) is 12.4. The standard InChI is InChI=1S/C15H23NO/c1-11-7-8-15(17-3)14(12(11)2)10-13-6-4-5-9-16-13/h7-8,13,16H,4-6,9-10H2,1-3H3. The molecule has 2 rings (SSSR count). The van der Waals surface area contributed by atoms with Crippen LogP contribution in [0.3, 0.4) is 0 Å². The van der Waals surface area contributed by atoms with Gasteiger partial charge in [-0.2, -0.15) is 0 Å². The summed E-state index contributed by atoms with van der Waals surface area (Å²) in [4.78, 5) is 0. The Labute approximate surface area is 104 Å². The van der Waals surface area contributed by atoms with Gasteiger partial charge in [-0.25, -0.2) is 0 Å². The minimum absolute atomic E-state index is 0.623. The molecule has 1 N–H and O–H groups in total. The Hall–Kier alpha value is -1.02. The highest BCUT2D eigenvalue weighted by Crippen LogP contribution is 2.27. The maximum atomic E-state index is 5.49. The molecule has 0 saturated carbocycles. The number of rotatable bonds is 3. The fraction of sp³-hybridized carbons (Fsp3) is 0.600. The number of aryl methyl sites for hydroxylation is 1. The van der Waals surface area contributed by atoms with E-state index in [1.54, 1.807) is 7.11 Å². The van der Waals surface area contributed by atoms with Crippen LogP contribution in [-0.2, 0) is 6.42 Å². The van der Waals surface area contributed by atoms with E-state index >= 15 is 0 Å². The molecule has 0 amide bonds. The van der Waals surface area contributed by atoms with Crippen LogP contribution in [0.5, 0.6) is 5.75 Å². The van der Waals surface area contributed by atoms with Crippen molar-refractivity contribution in [1.82, 2.24) is 5.32 Å². The van der Waals surface area contributed by atoms with E-state index in [4.69, 9.17) is 4.74 Å². The molecule has 1 heterocycles. The predicted octanol–water partition coefficient (Wildman–Crippen LogP) is 3.00. The van der Waals surface area contributed by atoms with Gasteiger partial charge >= 0.3 is 0 Å². The zero-order valence-electron chi connectivity index (χ0n) is 11.2. The summed E-state index contributed by atoms with van der Waals surface area (Å²) in [5, 5.41) is 3.61. The van der Waals surface area contributed by atoms with Crippen LogP contribution in [-0.4, -0.2) is 19.7 Å². The number of nitrogens with one attached hydrogen (secondary N) is 1. The second-order valence-corrected chi connectivity index (χ2v) is 5.04. The molecule has 2 nitrogen and oxygen atoms in total. The normalized spacial score (nSPS) is 20.3. The topological polar surface area (TPSA) is 21.3 Å². The average molecular weight is 233 g/mol. The highest BCUT2D eigenvalue weighted by atomic mass is 16.5. The maximum Gasteiger partial charge on any atom is 0.122 e. The van der Waals surface area contributed by atoms with Gasteiger partial charge in [-0.1, -0.05) is 12.5 Å². The molecule has 1 aliphatic rings. The lowest BCUT2D eigenvalue weighted by Crippen LogP contribution is -2.35.